The highest BCUT2D eigenvalue weighted by Gasteiger charge is 2.21. The summed E-state index contributed by atoms with van der Waals surface area (Å²) in [7, 11) is -3.54. The number of hydrogen-bond donors (Lipinski definition) is 1. The van der Waals surface area contributed by atoms with Crippen molar-refractivity contribution in [2.75, 3.05) is 0 Å². The molecule has 0 saturated heterocycles. The Balaban J connectivity index is 3.04. The minimum atomic E-state index is -3.54. The van der Waals surface area contributed by atoms with Gasteiger partial charge in [-0.1, -0.05) is 0 Å². The zero-order valence-corrected chi connectivity index (χ0v) is 10.7. The van der Waals surface area contributed by atoms with Gasteiger partial charge >= 0.3 is 0 Å². The van der Waals surface area contributed by atoms with Crippen molar-refractivity contribution >= 4 is 21.8 Å². The average molecular weight is 254 g/mol. The highest BCUT2D eigenvalue weighted by Crippen LogP contribution is 2.17. The molecule has 0 aliphatic rings. The second-order valence-corrected chi connectivity index (χ2v) is 6.23. The Hall–Kier alpha value is -1.49. The first-order valence-corrected chi connectivity index (χ1v) is 6.45. The van der Waals surface area contributed by atoms with E-state index >= 15 is 0 Å². The van der Waals surface area contributed by atoms with E-state index in [0.29, 0.717) is 5.69 Å². The molecule has 1 aromatic carbocycles. The molecule has 0 saturated carbocycles. The molecule has 0 unspecified atom stereocenters. The lowest BCUT2D eigenvalue weighted by Crippen LogP contribution is -2.40. The van der Waals surface area contributed by atoms with E-state index in [2.05, 4.69) is 9.71 Å². The normalized spacial score (nSPS) is 11.9. The fraction of sp³-hybridized carbons (Fsp3) is 0.364. The van der Waals surface area contributed by atoms with Crippen molar-refractivity contribution in [2.24, 2.45) is 4.99 Å². The number of sulfonamides is 1. The number of benzene rings is 1. The second-order valence-electron chi connectivity index (χ2n) is 4.55. The first-order chi connectivity index (χ1) is 7.74. The lowest BCUT2D eigenvalue weighted by Gasteiger charge is -2.20. The highest BCUT2D eigenvalue weighted by atomic mass is 32.2. The van der Waals surface area contributed by atoms with Gasteiger partial charge < -0.3 is 0 Å². The molecular formula is C11H14N2O3S. The van der Waals surface area contributed by atoms with Gasteiger partial charge in [-0.15, -0.1) is 0 Å². The zero-order chi connectivity index (χ0) is 13.1. The van der Waals surface area contributed by atoms with E-state index in [-0.39, 0.29) is 4.90 Å². The number of carbonyl (C=O) groups excluding carboxylic acids is 1. The molecule has 0 heterocycles. The van der Waals surface area contributed by atoms with Gasteiger partial charge in [-0.25, -0.2) is 17.9 Å². The first-order valence-electron chi connectivity index (χ1n) is 4.96. The van der Waals surface area contributed by atoms with Crippen molar-refractivity contribution in [3.63, 3.8) is 0 Å². The topological polar surface area (TPSA) is 75.6 Å². The van der Waals surface area contributed by atoms with Crippen molar-refractivity contribution in [1.29, 1.82) is 0 Å². The van der Waals surface area contributed by atoms with E-state index in [1.807, 2.05) is 0 Å². The quantitative estimate of drug-likeness (QED) is 0.659. The van der Waals surface area contributed by atoms with Gasteiger partial charge in [0.05, 0.1) is 10.6 Å². The van der Waals surface area contributed by atoms with Gasteiger partial charge in [-0.2, -0.15) is 4.99 Å². The van der Waals surface area contributed by atoms with Crippen LogP contribution in [-0.4, -0.2) is 20.0 Å². The molecule has 6 heteroatoms. The average Bonchev–Trinajstić information content (AvgIpc) is 2.15. The molecule has 0 aromatic heterocycles. The molecule has 92 valence electrons. The predicted octanol–water partition coefficient (Wildman–Crippen LogP) is 1.73. The van der Waals surface area contributed by atoms with Gasteiger partial charge in [0, 0.05) is 5.54 Å². The summed E-state index contributed by atoms with van der Waals surface area (Å²) in [6.07, 6.45) is 1.39. The van der Waals surface area contributed by atoms with E-state index < -0.39 is 15.6 Å². The van der Waals surface area contributed by atoms with Gasteiger partial charge in [0.2, 0.25) is 16.1 Å². The maximum atomic E-state index is 11.9. The van der Waals surface area contributed by atoms with Crippen molar-refractivity contribution in [1.82, 2.24) is 4.72 Å². The van der Waals surface area contributed by atoms with Crippen molar-refractivity contribution in [2.45, 2.75) is 31.2 Å². The molecular weight excluding hydrogens is 240 g/mol. The third-order valence-electron chi connectivity index (χ3n) is 1.76. The Morgan fingerprint density at radius 2 is 1.71 bits per heavy atom. The number of nitrogens with zero attached hydrogens (tertiary/aromatic N) is 1. The molecule has 0 bridgehead atoms. The molecule has 17 heavy (non-hydrogen) atoms. The van der Waals surface area contributed by atoms with Crippen LogP contribution >= 0.6 is 0 Å². The third kappa shape index (κ3) is 4.11. The van der Waals surface area contributed by atoms with Gasteiger partial charge in [0.25, 0.3) is 0 Å². The smallest absolute Gasteiger partial charge is 0.211 e. The van der Waals surface area contributed by atoms with Crippen LogP contribution in [-0.2, 0) is 14.8 Å². The number of nitrogens with one attached hydrogen (secondary N) is 1. The summed E-state index contributed by atoms with van der Waals surface area (Å²) in [5, 5.41) is 0. The van der Waals surface area contributed by atoms with Crippen LogP contribution in [0.4, 0.5) is 5.69 Å². The molecule has 1 rings (SSSR count). The summed E-state index contributed by atoms with van der Waals surface area (Å²) >= 11 is 0. The second kappa shape index (κ2) is 4.79. The Kier molecular flexibility index (Phi) is 3.83. The van der Waals surface area contributed by atoms with Gasteiger partial charge in [0.1, 0.15) is 0 Å². The summed E-state index contributed by atoms with van der Waals surface area (Å²) in [4.78, 5) is 13.5. The Bertz CT molecular complexity index is 535. The lowest BCUT2D eigenvalue weighted by molar-refractivity contribution is 0.491. The third-order valence-corrected chi connectivity index (χ3v) is 3.54. The molecule has 0 radical (unpaired) electrons. The van der Waals surface area contributed by atoms with E-state index in [0.717, 1.165) is 0 Å². The summed E-state index contributed by atoms with van der Waals surface area (Å²) in [6.45, 7) is 5.28. The minimum absolute atomic E-state index is 0.136. The molecule has 1 aromatic rings. The standard InChI is InChI=1S/C11H14N2O3S/c1-11(2,3)13-17(15,16)10-6-4-9(5-7-10)12-8-14/h4-7,13H,1-3H3. The fourth-order valence-electron chi connectivity index (χ4n) is 1.21. The maximum absolute atomic E-state index is 11.9. The Morgan fingerprint density at radius 3 is 2.12 bits per heavy atom. The summed E-state index contributed by atoms with van der Waals surface area (Å²) in [5.41, 5.74) is -0.173. The van der Waals surface area contributed by atoms with E-state index in [9.17, 15) is 13.2 Å². The minimum Gasteiger partial charge on any atom is -0.211 e. The van der Waals surface area contributed by atoms with Crippen LogP contribution in [0, 0.1) is 0 Å². The molecule has 1 N–H and O–H groups in total. The van der Waals surface area contributed by atoms with Gasteiger partial charge in [-0.05, 0) is 45.0 Å². The molecule has 0 aliphatic carbocycles. The van der Waals surface area contributed by atoms with Crippen LogP contribution in [0.3, 0.4) is 0 Å². The fourth-order valence-corrected chi connectivity index (χ4v) is 2.63. The molecule has 0 amide bonds. The van der Waals surface area contributed by atoms with E-state index in [4.69, 9.17) is 0 Å². The zero-order valence-electron chi connectivity index (χ0n) is 9.89. The molecule has 0 fully saturated rings. The van der Waals surface area contributed by atoms with Crippen LogP contribution in [0.25, 0.3) is 0 Å². The van der Waals surface area contributed by atoms with Crippen LogP contribution in [0.2, 0.25) is 0 Å². The van der Waals surface area contributed by atoms with Crippen LogP contribution < -0.4 is 4.72 Å². The van der Waals surface area contributed by atoms with Gasteiger partial charge in [-0.3, -0.25) is 0 Å². The van der Waals surface area contributed by atoms with E-state index in [1.54, 1.807) is 20.8 Å². The predicted molar refractivity (Wildman–Crippen MR) is 64.3 cm³/mol. The largest absolute Gasteiger partial charge is 0.241 e. The van der Waals surface area contributed by atoms with Crippen LogP contribution in [0.5, 0.6) is 0 Å². The SMILES string of the molecule is CC(C)(C)NS(=O)(=O)c1ccc(N=C=O)cc1. The first kappa shape index (κ1) is 13.6. The highest BCUT2D eigenvalue weighted by molar-refractivity contribution is 7.89. The molecule has 0 aliphatic heterocycles. The number of aliphatic imine (C=N–C) groups is 1. The molecule has 0 spiro atoms. The summed E-state index contributed by atoms with van der Waals surface area (Å²) in [5.74, 6) is 0. The number of rotatable bonds is 3. The molecule has 0 atom stereocenters. The molecule has 5 nitrogen and oxygen atoms in total. The van der Waals surface area contributed by atoms with Crippen molar-refractivity contribution < 1.29 is 13.2 Å². The Morgan fingerprint density at radius 1 is 1.18 bits per heavy atom. The summed E-state index contributed by atoms with van der Waals surface area (Å²) < 4.78 is 26.3. The number of hydrogen-bond acceptors (Lipinski definition) is 4. The Labute approximate surface area is 101 Å². The van der Waals surface area contributed by atoms with Crippen LogP contribution in [0.1, 0.15) is 20.8 Å². The van der Waals surface area contributed by atoms with Crippen LogP contribution in [0.15, 0.2) is 34.2 Å². The summed E-state index contributed by atoms with van der Waals surface area (Å²) in [6, 6.07) is 5.68. The van der Waals surface area contributed by atoms with E-state index in [1.165, 1.54) is 30.3 Å². The number of isocyanates is 1. The van der Waals surface area contributed by atoms with Crippen molar-refractivity contribution in [3.05, 3.63) is 24.3 Å². The lowest BCUT2D eigenvalue weighted by atomic mass is 10.1. The van der Waals surface area contributed by atoms with Crippen molar-refractivity contribution in [3.8, 4) is 0 Å². The van der Waals surface area contributed by atoms with Gasteiger partial charge in [0.15, 0.2) is 0 Å². The monoisotopic (exact) mass is 254 g/mol. The maximum Gasteiger partial charge on any atom is 0.241 e.